The Morgan fingerprint density at radius 2 is 1.91 bits per heavy atom. The van der Waals surface area contributed by atoms with E-state index in [1.807, 2.05) is 13.0 Å². The van der Waals surface area contributed by atoms with E-state index in [0.29, 0.717) is 16.1 Å². The second kappa shape index (κ2) is 7.00. The van der Waals surface area contributed by atoms with Crippen molar-refractivity contribution in [2.24, 2.45) is 0 Å². The zero-order valence-electron chi connectivity index (χ0n) is 12.3. The van der Waals surface area contributed by atoms with Crippen molar-refractivity contribution in [3.63, 3.8) is 0 Å². The van der Waals surface area contributed by atoms with Gasteiger partial charge in [0.25, 0.3) is 5.91 Å². The van der Waals surface area contributed by atoms with E-state index in [0.717, 1.165) is 4.88 Å². The standard InChI is InChI=1S/C16H16N2O3S/c1-10-6-7-14(22-10)16(21)17-9-15(20)18-13-5-3-4-12(8-13)11(2)19/h3-8H,9H2,1-2H3,(H,17,21)(H,18,20). The average molecular weight is 316 g/mol. The smallest absolute Gasteiger partial charge is 0.261 e. The van der Waals surface area contributed by atoms with Crippen molar-refractivity contribution in [1.29, 1.82) is 0 Å². The summed E-state index contributed by atoms with van der Waals surface area (Å²) < 4.78 is 0. The number of rotatable bonds is 5. The number of aryl methyl sites for hydroxylation is 1. The summed E-state index contributed by atoms with van der Waals surface area (Å²) in [5.41, 5.74) is 1.05. The third kappa shape index (κ3) is 4.26. The molecular weight excluding hydrogens is 300 g/mol. The quantitative estimate of drug-likeness (QED) is 0.833. The molecule has 2 N–H and O–H groups in total. The maximum absolute atomic E-state index is 11.8. The van der Waals surface area contributed by atoms with E-state index in [9.17, 15) is 14.4 Å². The van der Waals surface area contributed by atoms with Gasteiger partial charge in [-0.3, -0.25) is 14.4 Å². The van der Waals surface area contributed by atoms with Crippen molar-refractivity contribution in [2.75, 3.05) is 11.9 Å². The zero-order valence-corrected chi connectivity index (χ0v) is 13.1. The monoisotopic (exact) mass is 316 g/mol. The lowest BCUT2D eigenvalue weighted by atomic mass is 10.1. The van der Waals surface area contributed by atoms with E-state index in [2.05, 4.69) is 10.6 Å². The van der Waals surface area contributed by atoms with Gasteiger partial charge in [-0.05, 0) is 38.1 Å². The number of benzene rings is 1. The molecule has 0 radical (unpaired) electrons. The highest BCUT2D eigenvalue weighted by Crippen LogP contribution is 2.14. The van der Waals surface area contributed by atoms with Crippen LogP contribution in [0.4, 0.5) is 5.69 Å². The van der Waals surface area contributed by atoms with Crippen LogP contribution in [0.2, 0.25) is 0 Å². The lowest BCUT2D eigenvalue weighted by molar-refractivity contribution is -0.115. The van der Waals surface area contributed by atoms with Gasteiger partial charge in [0.1, 0.15) is 0 Å². The first kappa shape index (κ1) is 15.9. The number of amides is 2. The Morgan fingerprint density at radius 1 is 1.14 bits per heavy atom. The van der Waals surface area contributed by atoms with Crippen molar-refractivity contribution in [3.05, 3.63) is 51.7 Å². The highest BCUT2D eigenvalue weighted by molar-refractivity contribution is 7.13. The Labute approximate surface area is 132 Å². The summed E-state index contributed by atoms with van der Waals surface area (Å²) in [7, 11) is 0. The van der Waals surface area contributed by atoms with E-state index in [1.54, 1.807) is 30.3 Å². The summed E-state index contributed by atoms with van der Waals surface area (Å²) in [5.74, 6) is -0.689. The van der Waals surface area contributed by atoms with Crippen molar-refractivity contribution in [2.45, 2.75) is 13.8 Å². The Balaban J connectivity index is 1.89. The fraction of sp³-hybridized carbons (Fsp3) is 0.188. The molecule has 22 heavy (non-hydrogen) atoms. The van der Waals surface area contributed by atoms with Crippen LogP contribution in [0.3, 0.4) is 0 Å². The van der Waals surface area contributed by atoms with Gasteiger partial charge >= 0.3 is 0 Å². The van der Waals surface area contributed by atoms with Gasteiger partial charge in [0.05, 0.1) is 11.4 Å². The minimum atomic E-state index is -0.345. The second-order valence-electron chi connectivity index (χ2n) is 4.78. The van der Waals surface area contributed by atoms with Gasteiger partial charge in [0.15, 0.2) is 5.78 Å². The largest absolute Gasteiger partial charge is 0.342 e. The molecule has 0 spiro atoms. The molecule has 0 aliphatic carbocycles. The number of hydrogen-bond acceptors (Lipinski definition) is 4. The Bertz CT molecular complexity index is 722. The van der Waals surface area contributed by atoms with Gasteiger partial charge in [-0.2, -0.15) is 0 Å². The van der Waals surface area contributed by atoms with Crippen LogP contribution < -0.4 is 10.6 Å². The number of carbonyl (C=O) groups is 3. The topological polar surface area (TPSA) is 75.3 Å². The van der Waals surface area contributed by atoms with Crippen molar-refractivity contribution >= 4 is 34.6 Å². The molecule has 0 atom stereocenters. The van der Waals surface area contributed by atoms with Crippen molar-refractivity contribution in [1.82, 2.24) is 5.32 Å². The van der Waals surface area contributed by atoms with Crippen LogP contribution >= 0.6 is 11.3 Å². The Hall–Kier alpha value is -2.47. The molecule has 1 heterocycles. The molecule has 2 aromatic rings. The fourth-order valence-electron chi connectivity index (χ4n) is 1.83. The molecule has 0 saturated heterocycles. The van der Waals surface area contributed by atoms with Gasteiger partial charge in [0, 0.05) is 16.1 Å². The molecule has 2 amide bonds. The molecule has 6 heteroatoms. The number of ketones is 1. The first-order valence-electron chi connectivity index (χ1n) is 6.71. The lowest BCUT2D eigenvalue weighted by Gasteiger charge is -2.07. The van der Waals surface area contributed by atoms with Crippen molar-refractivity contribution in [3.8, 4) is 0 Å². The van der Waals surface area contributed by atoms with Gasteiger partial charge in [-0.1, -0.05) is 12.1 Å². The predicted octanol–water partition coefficient (Wildman–Crippen LogP) is 2.63. The summed E-state index contributed by atoms with van der Waals surface area (Å²) >= 11 is 1.38. The number of carbonyl (C=O) groups excluding carboxylic acids is 3. The number of Topliss-reactive ketones (excluding diaryl/α,β-unsaturated/α-hetero) is 1. The summed E-state index contributed by atoms with van der Waals surface area (Å²) in [6.07, 6.45) is 0. The van der Waals surface area contributed by atoms with Crippen LogP contribution in [-0.4, -0.2) is 24.1 Å². The summed E-state index contributed by atoms with van der Waals surface area (Å²) in [5, 5.41) is 5.21. The van der Waals surface area contributed by atoms with Crippen molar-refractivity contribution < 1.29 is 14.4 Å². The van der Waals surface area contributed by atoms with Crippen LogP contribution in [0.5, 0.6) is 0 Å². The van der Waals surface area contributed by atoms with Crippen LogP contribution in [0.1, 0.15) is 31.8 Å². The number of thiophene rings is 1. The molecule has 2 rings (SSSR count). The lowest BCUT2D eigenvalue weighted by Crippen LogP contribution is -2.32. The van der Waals surface area contributed by atoms with Gasteiger partial charge in [-0.15, -0.1) is 11.3 Å². The molecule has 114 valence electrons. The van der Waals surface area contributed by atoms with E-state index in [-0.39, 0.29) is 24.1 Å². The SMILES string of the molecule is CC(=O)c1cccc(NC(=O)CNC(=O)c2ccc(C)s2)c1. The summed E-state index contributed by atoms with van der Waals surface area (Å²) in [6.45, 7) is 3.25. The highest BCUT2D eigenvalue weighted by atomic mass is 32.1. The Kier molecular flexibility index (Phi) is 5.06. The maximum Gasteiger partial charge on any atom is 0.261 e. The van der Waals surface area contributed by atoms with Crippen LogP contribution in [-0.2, 0) is 4.79 Å². The molecular formula is C16H16N2O3S. The van der Waals surface area contributed by atoms with Gasteiger partial charge in [-0.25, -0.2) is 0 Å². The molecule has 0 saturated carbocycles. The van der Waals surface area contributed by atoms with Crippen LogP contribution in [0.25, 0.3) is 0 Å². The number of hydrogen-bond donors (Lipinski definition) is 2. The highest BCUT2D eigenvalue weighted by Gasteiger charge is 2.10. The van der Waals surface area contributed by atoms with Crippen LogP contribution in [0, 0.1) is 6.92 Å². The third-order valence-corrected chi connectivity index (χ3v) is 3.93. The first-order valence-corrected chi connectivity index (χ1v) is 7.53. The molecule has 5 nitrogen and oxygen atoms in total. The second-order valence-corrected chi connectivity index (χ2v) is 6.07. The minimum Gasteiger partial charge on any atom is -0.342 e. The van der Waals surface area contributed by atoms with Gasteiger partial charge < -0.3 is 10.6 Å². The zero-order chi connectivity index (χ0) is 16.1. The summed E-state index contributed by atoms with van der Waals surface area (Å²) in [6, 6.07) is 10.2. The van der Waals surface area contributed by atoms with Gasteiger partial charge in [0.2, 0.25) is 5.91 Å². The molecule has 0 aliphatic heterocycles. The van der Waals surface area contributed by atoms with E-state index < -0.39 is 0 Å². The predicted molar refractivity (Wildman–Crippen MR) is 86.5 cm³/mol. The molecule has 0 bridgehead atoms. The van der Waals surface area contributed by atoms with E-state index in [4.69, 9.17) is 0 Å². The average Bonchev–Trinajstić information content (AvgIpc) is 2.91. The molecule has 0 aliphatic rings. The first-order chi connectivity index (χ1) is 10.5. The Morgan fingerprint density at radius 3 is 2.55 bits per heavy atom. The van der Waals surface area contributed by atoms with E-state index in [1.165, 1.54) is 18.3 Å². The van der Waals surface area contributed by atoms with Crippen LogP contribution in [0.15, 0.2) is 36.4 Å². The van der Waals surface area contributed by atoms with E-state index >= 15 is 0 Å². The third-order valence-electron chi connectivity index (χ3n) is 2.93. The molecule has 1 aromatic heterocycles. The fourth-order valence-corrected chi connectivity index (χ4v) is 2.61. The normalized spacial score (nSPS) is 10.1. The maximum atomic E-state index is 11.8. The number of nitrogens with one attached hydrogen (secondary N) is 2. The summed E-state index contributed by atoms with van der Waals surface area (Å²) in [4.78, 5) is 36.6. The minimum absolute atomic E-state index is 0.0718. The number of anilines is 1. The molecule has 0 fully saturated rings. The molecule has 0 unspecified atom stereocenters. The molecule has 1 aromatic carbocycles.